The van der Waals surface area contributed by atoms with Gasteiger partial charge in [0.1, 0.15) is 0 Å². The van der Waals surface area contributed by atoms with Crippen molar-refractivity contribution in [2.45, 2.75) is 46.6 Å². The van der Waals surface area contributed by atoms with Gasteiger partial charge < -0.3 is 4.90 Å². The largest absolute Gasteiger partial charge is 0.302 e. The Bertz CT molecular complexity index is 166. The fourth-order valence-electron chi connectivity index (χ4n) is 2.17. The van der Waals surface area contributed by atoms with Crippen LogP contribution in [-0.4, -0.2) is 48.6 Å². The highest BCUT2D eigenvalue weighted by Crippen LogP contribution is 2.08. The smallest absolute Gasteiger partial charge is 0.0112 e. The average Bonchev–Trinajstić information content (AvgIpc) is 2.39. The summed E-state index contributed by atoms with van der Waals surface area (Å²) < 4.78 is 0. The second-order valence-corrected chi connectivity index (χ2v) is 5.51. The van der Waals surface area contributed by atoms with Crippen LogP contribution in [0.3, 0.4) is 0 Å². The molecule has 0 bridgehead atoms. The third kappa shape index (κ3) is 4.98. The van der Waals surface area contributed by atoms with Gasteiger partial charge in [-0.1, -0.05) is 13.8 Å². The van der Waals surface area contributed by atoms with E-state index < -0.39 is 0 Å². The molecule has 0 N–H and O–H groups in total. The van der Waals surface area contributed by atoms with Gasteiger partial charge in [0.15, 0.2) is 0 Å². The number of hydrogen-bond acceptors (Lipinski definition) is 2. The molecule has 0 spiro atoms. The fourth-order valence-corrected chi connectivity index (χ4v) is 2.17. The van der Waals surface area contributed by atoms with Crippen molar-refractivity contribution in [3.63, 3.8) is 0 Å². The first-order chi connectivity index (χ1) is 7.09. The van der Waals surface area contributed by atoms with Crippen molar-refractivity contribution in [2.24, 2.45) is 5.92 Å². The van der Waals surface area contributed by atoms with E-state index in [4.69, 9.17) is 0 Å². The molecule has 0 aromatic heterocycles. The molecule has 0 aromatic rings. The predicted octanol–water partition coefficient (Wildman–Crippen LogP) is 2.45. The van der Waals surface area contributed by atoms with Gasteiger partial charge in [0.2, 0.25) is 0 Å². The van der Waals surface area contributed by atoms with Gasteiger partial charge in [-0.25, -0.2) is 0 Å². The Morgan fingerprint density at radius 1 is 0.933 bits per heavy atom. The summed E-state index contributed by atoms with van der Waals surface area (Å²) in [7, 11) is 0. The van der Waals surface area contributed by atoms with Crippen LogP contribution < -0.4 is 0 Å². The van der Waals surface area contributed by atoms with Crippen molar-refractivity contribution in [2.75, 3.05) is 32.7 Å². The molecule has 0 atom stereocenters. The molecule has 90 valence electrons. The van der Waals surface area contributed by atoms with Gasteiger partial charge in [-0.3, -0.25) is 4.90 Å². The maximum atomic E-state index is 2.64. The normalized spacial score (nSPS) is 21.2. The van der Waals surface area contributed by atoms with Crippen LogP contribution in [0.4, 0.5) is 0 Å². The molecule has 1 saturated heterocycles. The Morgan fingerprint density at radius 2 is 1.67 bits per heavy atom. The molecule has 15 heavy (non-hydrogen) atoms. The average molecular weight is 212 g/mol. The summed E-state index contributed by atoms with van der Waals surface area (Å²) in [6.45, 7) is 15.7. The summed E-state index contributed by atoms with van der Waals surface area (Å²) in [6.07, 6.45) is 2.69. The Labute approximate surface area is 95.6 Å². The summed E-state index contributed by atoms with van der Waals surface area (Å²) in [4.78, 5) is 5.25. The van der Waals surface area contributed by atoms with E-state index in [0.717, 1.165) is 12.0 Å². The van der Waals surface area contributed by atoms with E-state index in [1.165, 1.54) is 45.6 Å². The summed E-state index contributed by atoms with van der Waals surface area (Å²) in [5.74, 6) is 0.842. The summed E-state index contributed by atoms with van der Waals surface area (Å²) in [5.41, 5.74) is 0. The summed E-state index contributed by atoms with van der Waals surface area (Å²) in [6, 6.07) is 0.718. The molecule has 2 heteroatoms. The molecule has 1 heterocycles. The lowest BCUT2D eigenvalue weighted by Gasteiger charge is -2.25. The molecule has 2 nitrogen and oxygen atoms in total. The molecular formula is C13H28N2. The summed E-state index contributed by atoms with van der Waals surface area (Å²) >= 11 is 0. The monoisotopic (exact) mass is 212 g/mol. The van der Waals surface area contributed by atoms with E-state index in [9.17, 15) is 0 Å². The Hall–Kier alpha value is -0.0800. The lowest BCUT2D eigenvalue weighted by molar-refractivity contribution is 0.217. The van der Waals surface area contributed by atoms with Crippen LogP contribution in [0, 0.1) is 5.92 Å². The molecule has 0 saturated carbocycles. The Morgan fingerprint density at radius 3 is 2.27 bits per heavy atom. The molecule has 1 aliphatic rings. The number of nitrogens with zero attached hydrogens (tertiary/aromatic N) is 2. The van der Waals surface area contributed by atoms with Crippen molar-refractivity contribution in [3.8, 4) is 0 Å². The van der Waals surface area contributed by atoms with Crippen molar-refractivity contribution >= 4 is 0 Å². The van der Waals surface area contributed by atoms with Crippen LogP contribution in [0.1, 0.15) is 40.5 Å². The SMILES string of the molecule is CC(C)CCN1CCCN(C(C)C)CC1. The molecule has 1 aliphatic heterocycles. The molecule has 0 aromatic carbocycles. The quantitative estimate of drug-likeness (QED) is 0.706. The fraction of sp³-hybridized carbons (Fsp3) is 1.00. The molecule has 0 amide bonds. The third-order valence-electron chi connectivity index (χ3n) is 3.38. The first-order valence-electron chi connectivity index (χ1n) is 6.56. The van der Waals surface area contributed by atoms with Crippen molar-refractivity contribution in [3.05, 3.63) is 0 Å². The zero-order valence-electron chi connectivity index (χ0n) is 11.0. The number of hydrogen-bond donors (Lipinski definition) is 0. The molecular weight excluding hydrogens is 184 g/mol. The lowest BCUT2D eigenvalue weighted by atomic mass is 10.1. The first-order valence-corrected chi connectivity index (χ1v) is 6.56. The maximum Gasteiger partial charge on any atom is 0.0112 e. The number of rotatable bonds is 4. The highest BCUT2D eigenvalue weighted by atomic mass is 15.2. The standard InChI is InChI=1S/C13H28N2/c1-12(2)6-9-14-7-5-8-15(11-10-14)13(3)4/h12-13H,5-11H2,1-4H3. The highest BCUT2D eigenvalue weighted by Gasteiger charge is 2.16. The van der Waals surface area contributed by atoms with Crippen LogP contribution in [-0.2, 0) is 0 Å². The minimum atomic E-state index is 0.718. The molecule has 1 fully saturated rings. The van der Waals surface area contributed by atoms with E-state index >= 15 is 0 Å². The topological polar surface area (TPSA) is 6.48 Å². The van der Waals surface area contributed by atoms with Crippen molar-refractivity contribution < 1.29 is 0 Å². The van der Waals surface area contributed by atoms with Gasteiger partial charge in [-0.2, -0.15) is 0 Å². The van der Waals surface area contributed by atoms with Gasteiger partial charge in [-0.05, 0) is 52.2 Å². The molecule has 0 aliphatic carbocycles. The van der Waals surface area contributed by atoms with Crippen LogP contribution in [0.5, 0.6) is 0 Å². The molecule has 1 rings (SSSR count). The second-order valence-electron chi connectivity index (χ2n) is 5.51. The van der Waals surface area contributed by atoms with Gasteiger partial charge in [0.25, 0.3) is 0 Å². The van der Waals surface area contributed by atoms with Crippen LogP contribution in [0.25, 0.3) is 0 Å². The second kappa shape index (κ2) is 6.49. The highest BCUT2D eigenvalue weighted by molar-refractivity contribution is 4.72. The Balaban J connectivity index is 2.26. The molecule has 0 unspecified atom stereocenters. The minimum Gasteiger partial charge on any atom is -0.302 e. The van der Waals surface area contributed by atoms with Gasteiger partial charge >= 0.3 is 0 Å². The maximum absolute atomic E-state index is 2.64. The van der Waals surface area contributed by atoms with Crippen LogP contribution in [0.2, 0.25) is 0 Å². The van der Waals surface area contributed by atoms with E-state index in [2.05, 4.69) is 37.5 Å². The van der Waals surface area contributed by atoms with Gasteiger partial charge in [0, 0.05) is 19.1 Å². The zero-order chi connectivity index (χ0) is 11.3. The first kappa shape index (κ1) is 13.0. The van der Waals surface area contributed by atoms with Gasteiger partial charge in [0.05, 0.1) is 0 Å². The molecule has 0 radical (unpaired) electrons. The Kier molecular flexibility index (Phi) is 5.62. The van der Waals surface area contributed by atoms with E-state index in [1.54, 1.807) is 0 Å². The van der Waals surface area contributed by atoms with E-state index in [0.29, 0.717) is 0 Å². The summed E-state index contributed by atoms with van der Waals surface area (Å²) in [5, 5.41) is 0. The third-order valence-corrected chi connectivity index (χ3v) is 3.38. The van der Waals surface area contributed by atoms with Gasteiger partial charge in [-0.15, -0.1) is 0 Å². The minimum absolute atomic E-state index is 0.718. The van der Waals surface area contributed by atoms with Crippen LogP contribution in [0.15, 0.2) is 0 Å². The predicted molar refractivity (Wildman–Crippen MR) is 67.2 cm³/mol. The van der Waals surface area contributed by atoms with Crippen molar-refractivity contribution in [1.29, 1.82) is 0 Å². The zero-order valence-corrected chi connectivity index (χ0v) is 11.0. The van der Waals surface area contributed by atoms with E-state index in [-0.39, 0.29) is 0 Å². The van der Waals surface area contributed by atoms with Crippen LogP contribution >= 0.6 is 0 Å². The van der Waals surface area contributed by atoms with Crippen molar-refractivity contribution in [1.82, 2.24) is 9.80 Å². The van der Waals surface area contributed by atoms with E-state index in [1.807, 2.05) is 0 Å². The lowest BCUT2D eigenvalue weighted by Crippen LogP contribution is -2.35.